The summed E-state index contributed by atoms with van der Waals surface area (Å²) in [5.74, 6) is 0.838. The van der Waals surface area contributed by atoms with Crippen LogP contribution in [-0.2, 0) is 5.41 Å². The molecule has 0 unspecified atom stereocenters. The van der Waals surface area contributed by atoms with Gasteiger partial charge in [0.25, 0.3) is 0 Å². The Kier molecular flexibility index (Phi) is 2.91. The molecule has 2 heterocycles. The maximum atomic E-state index is 5.36. The number of aromatic nitrogens is 3. The lowest BCUT2D eigenvalue weighted by molar-refractivity contribution is 0.559. The van der Waals surface area contributed by atoms with Gasteiger partial charge in [0, 0.05) is 17.3 Å². The molecule has 2 aromatic heterocycles. The zero-order valence-electron chi connectivity index (χ0n) is 10.6. The van der Waals surface area contributed by atoms with Crippen LogP contribution in [0.3, 0.4) is 0 Å². The number of hydrogen-bond acceptors (Lipinski definition) is 2. The SMILES string of the molecule is Cc1ccnc(-n2[nH]c(C(C)(C)C)cc2=S)c1. The van der Waals surface area contributed by atoms with E-state index in [9.17, 15) is 0 Å². The summed E-state index contributed by atoms with van der Waals surface area (Å²) in [5, 5.41) is 3.31. The van der Waals surface area contributed by atoms with Crippen molar-refractivity contribution < 1.29 is 0 Å². The summed E-state index contributed by atoms with van der Waals surface area (Å²) in [7, 11) is 0. The quantitative estimate of drug-likeness (QED) is 0.782. The number of pyridine rings is 1. The maximum Gasteiger partial charge on any atom is 0.152 e. The van der Waals surface area contributed by atoms with Crippen LogP contribution >= 0.6 is 12.2 Å². The van der Waals surface area contributed by atoms with Crippen LogP contribution in [-0.4, -0.2) is 14.8 Å². The Hall–Kier alpha value is -1.42. The molecule has 3 nitrogen and oxygen atoms in total. The van der Waals surface area contributed by atoms with Crippen LogP contribution < -0.4 is 0 Å². The highest BCUT2D eigenvalue weighted by Gasteiger charge is 2.17. The molecule has 0 aliphatic heterocycles. The molecule has 0 amide bonds. The van der Waals surface area contributed by atoms with Crippen LogP contribution in [0.5, 0.6) is 0 Å². The van der Waals surface area contributed by atoms with Gasteiger partial charge in [0.15, 0.2) is 5.82 Å². The number of rotatable bonds is 1. The van der Waals surface area contributed by atoms with Gasteiger partial charge in [-0.3, -0.25) is 5.10 Å². The zero-order chi connectivity index (χ0) is 12.6. The highest BCUT2D eigenvalue weighted by molar-refractivity contribution is 7.71. The smallest absolute Gasteiger partial charge is 0.152 e. The molecule has 0 atom stereocenters. The Morgan fingerprint density at radius 3 is 2.53 bits per heavy atom. The third-order valence-corrected chi connectivity index (χ3v) is 2.96. The number of H-pyrrole nitrogens is 1. The van der Waals surface area contributed by atoms with Crippen LogP contribution in [0.1, 0.15) is 32.0 Å². The largest absolute Gasteiger partial charge is 0.295 e. The van der Waals surface area contributed by atoms with E-state index in [1.54, 1.807) is 6.20 Å². The fourth-order valence-corrected chi connectivity index (χ4v) is 1.85. The van der Waals surface area contributed by atoms with Crippen LogP contribution in [0.4, 0.5) is 0 Å². The predicted molar refractivity (Wildman–Crippen MR) is 72.2 cm³/mol. The van der Waals surface area contributed by atoms with E-state index in [0.717, 1.165) is 16.2 Å². The first kappa shape index (κ1) is 12.0. The molecular formula is C13H17N3S. The minimum atomic E-state index is 0.0582. The highest BCUT2D eigenvalue weighted by Crippen LogP contribution is 2.21. The summed E-state index contributed by atoms with van der Waals surface area (Å²) in [4.78, 5) is 4.33. The van der Waals surface area contributed by atoms with Crippen molar-refractivity contribution in [2.45, 2.75) is 33.1 Å². The van der Waals surface area contributed by atoms with Gasteiger partial charge in [-0.1, -0.05) is 33.0 Å². The van der Waals surface area contributed by atoms with Crippen molar-refractivity contribution >= 4 is 12.2 Å². The van der Waals surface area contributed by atoms with Gasteiger partial charge in [0.05, 0.1) is 0 Å². The Bertz CT molecular complexity index is 587. The van der Waals surface area contributed by atoms with E-state index in [1.165, 1.54) is 5.56 Å². The van der Waals surface area contributed by atoms with Gasteiger partial charge in [-0.15, -0.1) is 0 Å². The lowest BCUT2D eigenvalue weighted by Gasteiger charge is -2.15. The second-order valence-electron chi connectivity index (χ2n) is 5.28. The zero-order valence-corrected chi connectivity index (χ0v) is 11.4. The molecule has 0 spiro atoms. The normalized spacial score (nSPS) is 11.8. The van der Waals surface area contributed by atoms with Gasteiger partial charge in [-0.25, -0.2) is 9.67 Å². The second-order valence-corrected chi connectivity index (χ2v) is 5.70. The lowest BCUT2D eigenvalue weighted by Crippen LogP contribution is -2.12. The monoisotopic (exact) mass is 247 g/mol. The van der Waals surface area contributed by atoms with E-state index in [2.05, 4.69) is 30.9 Å². The van der Waals surface area contributed by atoms with Crippen molar-refractivity contribution in [2.24, 2.45) is 0 Å². The van der Waals surface area contributed by atoms with Crippen molar-refractivity contribution in [1.82, 2.24) is 14.8 Å². The van der Waals surface area contributed by atoms with Gasteiger partial charge < -0.3 is 0 Å². The van der Waals surface area contributed by atoms with Crippen molar-refractivity contribution in [1.29, 1.82) is 0 Å². The minimum Gasteiger partial charge on any atom is -0.295 e. The number of nitrogens with one attached hydrogen (secondary N) is 1. The van der Waals surface area contributed by atoms with E-state index in [1.807, 2.05) is 29.8 Å². The third kappa shape index (κ3) is 2.47. The van der Waals surface area contributed by atoms with Gasteiger partial charge >= 0.3 is 0 Å². The first-order chi connectivity index (χ1) is 7.88. The van der Waals surface area contributed by atoms with E-state index < -0.39 is 0 Å². The predicted octanol–water partition coefficient (Wildman–Crippen LogP) is 3.54. The average Bonchev–Trinajstić information content (AvgIpc) is 2.60. The molecule has 17 heavy (non-hydrogen) atoms. The summed E-state index contributed by atoms with van der Waals surface area (Å²) < 4.78 is 2.61. The van der Waals surface area contributed by atoms with Gasteiger partial charge in [-0.2, -0.15) is 0 Å². The third-order valence-electron chi connectivity index (χ3n) is 2.66. The second kappa shape index (κ2) is 4.11. The molecule has 2 aromatic rings. The molecule has 2 rings (SSSR count). The fourth-order valence-electron chi connectivity index (χ4n) is 1.59. The first-order valence-corrected chi connectivity index (χ1v) is 6.04. The number of nitrogens with zero attached hydrogens (tertiary/aromatic N) is 2. The van der Waals surface area contributed by atoms with Crippen molar-refractivity contribution in [3.8, 4) is 5.82 Å². The molecule has 90 valence electrons. The Morgan fingerprint density at radius 2 is 2.00 bits per heavy atom. The summed E-state index contributed by atoms with van der Waals surface area (Å²) in [6.07, 6.45) is 1.80. The Labute approximate surface area is 106 Å². The van der Waals surface area contributed by atoms with Crippen molar-refractivity contribution in [3.05, 3.63) is 40.3 Å². The van der Waals surface area contributed by atoms with Gasteiger partial charge in [-0.05, 0) is 30.7 Å². The Balaban J connectivity index is 2.54. The molecule has 0 aromatic carbocycles. The van der Waals surface area contributed by atoms with Crippen molar-refractivity contribution in [2.75, 3.05) is 0 Å². The summed E-state index contributed by atoms with van der Waals surface area (Å²) in [6.45, 7) is 8.51. The maximum absolute atomic E-state index is 5.36. The van der Waals surface area contributed by atoms with Crippen LogP contribution in [0.15, 0.2) is 24.4 Å². The summed E-state index contributed by atoms with van der Waals surface area (Å²) in [6, 6.07) is 5.98. The summed E-state index contributed by atoms with van der Waals surface area (Å²) in [5.41, 5.74) is 2.34. The highest BCUT2D eigenvalue weighted by atomic mass is 32.1. The first-order valence-electron chi connectivity index (χ1n) is 5.63. The number of hydrogen-bond donors (Lipinski definition) is 1. The van der Waals surface area contributed by atoms with E-state index in [-0.39, 0.29) is 5.41 Å². The molecule has 0 aliphatic carbocycles. The van der Waals surface area contributed by atoms with Crippen LogP contribution in [0.25, 0.3) is 5.82 Å². The molecular weight excluding hydrogens is 230 g/mol. The van der Waals surface area contributed by atoms with Gasteiger partial charge in [0.2, 0.25) is 0 Å². The average molecular weight is 247 g/mol. The van der Waals surface area contributed by atoms with Crippen LogP contribution in [0, 0.1) is 11.6 Å². The van der Waals surface area contributed by atoms with Gasteiger partial charge in [0.1, 0.15) is 4.64 Å². The number of aromatic amines is 1. The molecule has 1 N–H and O–H groups in total. The molecule has 4 heteroatoms. The topological polar surface area (TPSA) is 33.6 Å². The molecule has 0 aliphatic rings. The van der Waals surface area contributed by atoms with E-state index in [4.69, 9.17) is 12.2 Å². The standard InChI is InChI=1S/C13H17N3S/c1-9-5-6-14-11(7-9)16-12(17)8-10(15-16)13(2,3)4/h5-8,15H,1-4H3. The molecule has 0 saturated heterocycles. The van der Waals surface area contributed by atoms with Crippen molar-refractivity contribution in [3.63, 3.8) is 0 Å². The molecule has 0 radical (unpaired) electrons. The minimum absolute atomic E-state index is 0.0582. The molecule has 0 fully saturated rings. The van der Waals surface area contributed by atoms with E-state index >= 15 is 0 Å². The summed E-state index contributed by atoms with van der Waals surface area (Å²) >= 11 is 5.36. The van der Waals surface area contributed by atoms with E-state index in [0.29, 0.717) is 0 Å². The molecule has 0 saturated carbocycles. The Morgan fingerprint density at radius 1 is 1.29 bits per heavy atom. The lowest BCUT2D eigenvalue weighted by atomic mass is 9.93. The number of aryl methyl sites for hydroxylation is 1. The molecule has 0 bridgehead atoms. The van der Waals surface area contributed by atoms with Crippen LogP contribution in [0.2, 0.25) is 0 Å². The fraction of sp³-hybridized carbons (Fsp3) is 0.385.